The van der Waals surface area contributed by atoms with Crippen molar-refractivity contribution in [2.24, 2.45) is 0 Å². The number of rotatable bonds is 3. The van der Waals surface area contributed by atoms with Crippen molar-refractivity contribution in [1.29, 1.82) is 0 Å². The van der Waals surface area contributed by atoms with E-state index in [9.17, 15) is 4.79 Å². The summed E-state index contributed by atoms with van der Waals surface area (Å²) in [4.78, 5) is 10.5. The highest BCUT2D eigenvalue weighted by Crippen LogP contribution is 2.29. The third kappa shape index (κ3) is 2.23. The molecule has 1 heterocycles. The summed E-state index contributed by atoms with van der Waals surface area (Å²) in [5, 5.41) is 7.72. The first-order chi connectivity index (χ1) is 7.33. The number of carbonyl (C=O) groups excluding carboxylic acids is 1. The zero-order valence-corrected chi connectivity index (χ0v) is 8.80. The molecule has 0 spiro atoms. The molecule has 0 saturated heterocycles. The van der Waals surface area contributed by atoms with Gasteiger partial charge in [0.25, 0.3) is 0 Å². The fourth-order valence-corrected chi connectivity index (χ4v) is 2.10. The molecule has 2 unspecified atom stereocenters. The molecule has 15 heavy (non-hydrogen) atoms. The van der Waals surface area contributed by atoms with Crippen LogP contribution in [-0.4, -0.2) is 34.5 Å². The van der Waals surface area contributed by atoms with Gasteiger partial charge in [0.05, 0.1) is 18.3 Å². The van der Waals surface area contributed by atoms with Crippen molar-refractivity contribution in [3.63, 3.8) is 0 Å². The van der Waals surface area contributed by atoms with Gasteiger partial charge in [0.2, 0.25) is 0 Å². The molecule has 5 heteroatoms. The molecule has 2 atom stereocenters. The second-order valence-corrected chi connectivity index (χ2v) is 3.92. The average Bonchev–Trinajstić information content (AvgIpc) is 2.78. The highest BCUT2D eigenvalue weighted by Gasteiger charge is 2.23. The van der Waals surface area contributed by atoms with Crippen molar-refractivity contribution in [2.75, 3.05) is 7.11 Å². The van der Waals surface area contributed by atoms with Crippen molar-refractivity contribution >= 4 is 6.29 Å². The van der Waals surface area contributed by atoms with E-state index in [-0.39, 0.29) is 0 Å². The van der Waals surface area contributed by atoms with Crippen molar-refractivity contribution in [1.82, 2.24) is 15.0 Å². The maximum atomic E-state index is 10.5. The molecule has 0 amide bonds. The zero-order chi connectivity index (χ0) is 10.7. The van der Waals surface area contributed by atoms with Gasteiger partial charge in [-0.25, -0.2) is 4.68 Å². The molecule has 0 radical (unpaired) electrons. The van der Waals surface area contributed by atoms with Crippen molar-refractivity contribution in [2.45, 2.75) is 37.8 Å². The Morgan fingerprint density at radius 3 is 3.13 bits per heavy atom. The van der Waals surface area contributed by atoms with E-state index in [1.165, 1.54) is 0 Å². The Labute approximate surface area is 88.4 Å². The normalized spacial score (nSPS) is 26.5. The van der Waals surface area contributed by atoms with Crippen LogP contribution < -0.4 is 0 Å². The number of ether oxygens (including phenoxy) is 1. The van der Waals surface area contributed by atoms with Gasteiger partial charge in [-0.05, 0) is 25.7 Å². The summed E-state index contributed by atoms with van der Waals surface area (Å²) >= 11 is 0. The van der Waals surface area contributed by atoms with Crippen LogP contribution in [0.4, 0.5) is 0 Å². The summed E-state index contributed by atoms with van der Waals surface area (Å²) in [6.07, 6.45) is 7.03. The topological polar surface area (TPSA) is 57.0 Å². The van der Waals surface area contributed by atoms with Crippen LogP contribution >= 0.6 is 0 Å². The van der Waals surface area contributed by atoms with Crippen molar-refractivity contribution in [3.8, 4) is 0 Å². The first kappa shape index (κ1) is 10.3. The molecule has 1 saturated carbocycles. The Kier molecular flexibility index (Phi) is 3.11. The van der Waals surface area contributed by atoms with Gasteiger partial charge >= 0.3 is 0 Å². The van der Waals surface area contributed by atoms with E-state index in [0.717, 1.165) is 32.0 Å². The Hall–Kier alpha value is -1.23. The Morgan fingerprint density at radius 1 is 1.60 bits per heavy atom. The minimum Gasteiger partial charge on any atom is -0.381 e. The lowest BCUT2D eigenvalue weighted by Gasteiger charge is -2.27. The molecule has 0 aromatic carbocycles. The molecule has 0 N–H and O–H groups in total. The van der Waals surface area contributed by atoms with Gasteiger partial charge in [0.1, 0.15) is 5.69 Å². The summed E-state index contributed by atoms with van der Waals surface area (Å²) in [6, 6.07) is 0.324. The predicted molar refractivity (Wildman–Crippen MR) is 53.7 cm³/mol. The Bertz CT molecular complexity index is 337. The minimum atomic E-state index is 0.313. The lowest BCUT2D eigenvalue weighted by molar-refractivity contribution is 0.0504. The fourth-order valence-electron chi connectivity index (χ4n) is 2.10. The van der Waals surface area contributed by atoms with Gasteiger partial charge in [0.15, 0.2) is 6.29 Å². The maximum Gasteiger partial charge on any atom is 0.171 e. The quantitative estimate of drug-likeness (QED) is 0.702. The largest absolute Gasteiger partial charge is 0.381 e. The second-order valence-electron chi connectivity index (χ2n) is 3.92. The molecule has 1 aliphatic rings. The molecular formula is C10H15N3O2. The summed E-state index contributed by atoms with van der Waals surface area (Å²) in [7, 11) is 1.74. The van der Waals surface area contributed by atoms with Crippen LogP contribution in [0.5, 0.6) is 0 Å². The molecule has 82 valence electrons. The average molecular weight is 209 g/mol. The summed E-state index contributed by atoms with van der Waals surface area (Å²) in [5.41, 5.74) is 0.398. The number of hydrogen-bond acceptors (Lipinski definition) is 4. The molecular weight excluding hydrogens is 194 g/mol. The van der Waals surface area contributed by atoms with Crippen LogP contribution in [0.3, 0.4) is 0 Å². The zero-order valence-electron chi connectivity index (χ0n) is 8.80. The molecule has 0 aliphatic heterocycles. The third-order valence-electron chi connectivity index (χ3n) is 2.95. The standard InChI is InChI=1S/C10H15N3O2/c1-15-10-4-2-3-9(5-10)13-6-8(7-14)11-12-13/h6-7,9-10H,2-5H2,1H3. The van der Waals surface area contributed by atoms with E-state index in [2.05, 4.69) is 10.3 Å². The molecule has 1 aromatic rings. The highest BCUT2D eigenvalue weighted by atomic mass is 16.5. The van der Waals surface area contributed by atoms with Gasteiger partial charge in [-0.3, -0.25) is 4.79 Å². The van der Waals surface area contributed by atoms with Crippen LogP contribution in [0, 0.1) is 0 Å². The van der Waals surface area contributed by atoms with Gasteiger partial charge in [0, 0.05) is 7.11 Å². The van der Waals surface area contributed by atoms with Crippen LogP contribution in [0.1, 0.15) is 42.2 Å². The smallest absolute Gasteiger partial charge is 0.171 e. The maximum absolute atomic E-state index is 10.5. The van der Waals surface area contributed by atoms with Gasteiger partial charge < -0.3 is 4.74 Å². The minimum absolute atomic E-state index is 0.313. The van der Waals surface area contributed by atoms with Crippen molar-refractivity contribution < 1.29 is 9.53 Å². The first-order valence-electron chi connectivity index (χ1n) is 5.23. The number of carbonyl (C=O) groups is 1. The monoisotopic (exact) mass is 209 g/mol. The molecule has 5 nitrogen and oxygen atoms in total. The lowest BCUT2D eigenvalue weighted by Crippen LogP contribution is -2.24. The van der Waals surface area contributed by atoms with Crippen LogP contribution in [0.15, 0.2) is 6.20 Å². The summed E-state index contributed by atoms with van der Waals surface area (Å²) in [5.74, 6) is 0. The van der Waals surface area contributed by atoms with E-state index in [4.69, 9.17) is 4.74 Å². The summed E-state index contributed by atoms with van der Waals surface area (Å²) in [6.45, 7) is 0. The second kappa shape index (κ2) is 4.53. The third-order valence-corrected chi connectivity index (χ3v) is 2.95. The number of aldehydes is 1. The number of methoxy groups -OCH3 is 1. The van der Waals surface area contributed by atoms with E-state index < -0.39 is 0 Å². The number of nitrogens with zero attached hydrogens (tertiary/aromatic N) is 3. The van der Waals surface area contributed by atoms with Gasteiger partial charge in [-0.15, -0.1) is 5.10 Å². The van der Waals surface area contributed by atoms with Crippen LogP contribution in [0.2, 0.25) is 0 Å². The fraction of sp³-hybridized carbons (Fsp3) is 0.700. The molecule has 1 aliphatic carbocycles. The van der Waals surface area contributed by atoms with Gasteiger partial charge in [-0.1, -0.05) is 5.21 Å². The van der Waals surface area contributed by atoms with E-state index in [0.29, 0.717) is 17.8 Å². The lowest BCUT2D eigenvalue weighted by atomic mass is 9.93. The molecule has 1 aromatic heterocycles. The first-order valence-corrected chi connectivity index (χ1v) is 5.23. The molecule has 0 bridgehead atoms. The summed E-state index contributed by atoms with van der Waals surface area (Å²) < 4.78 is 7.13. The van der Waals surface area contributed by atoms with Crippen LogP contribution in [0.25, 0.3) is 0 Å². The van der Waals surface area contributed by atoms with E-state index >= 15 is 0 Å². The van der Waals surface area contributed by atoms with E-state index in [1.807, 2.05) is 0 Å². The SMILES string of the molecule is COC1CCCC(n2cc(C=O)nn2)C1. The molecule has 2 rings (SSSR count). The van der Waals surface area contributed by atoms with Gasteiger partial charge in [-0.2, -0.15) is 0 Å². The Morgan fingerprint density at radius 2 is 2.47 bits per heavy atom. The molecule has 1 fully saturated rings. The predicted octanol–water partition coefficient (Wildman–Crippen LogP) is 1.22. The number of aromatic nitrogens is 3. The van der Waals surface area contributed by atoms with E-state index in [1.54, 1.807) is 18.0 Å². The Balaban J connectivity index is 2.06. The number of hydrogen-bond donors (Lipinski definition) is 0. The van der Waals surface area contributed by atoms with Crippen molar-refractivity contribution in [3.05, 3.63) is 11.9 Å². The van der Waals surface area contributed by atoms with Crippen LogP contribution in [-0.2, 0) is 4.74 Å². The highest BCUT2D eigenvalue weighted by molar-refractivity contribution is 5.70.